The Hall–Kier alpha value is -2.25. The van der Waals surface area contributed by atoms with Gasteiger partial charge in [0.05, 0.1) is 25.3 Å². The second-order valence-corrected chi connectivity index (χ2v) is 7.23. The zero-order valence-corrected chi connectivity index (χ0v) is 15.8. The van der Waals surface area contributed by atoms with Gasteiger partial charge in [-0.1, -0.05) is 0 Å². The van der Waals surface area contributed by atoms with Gasteiger partial charge in [0.2, 0.25) is 11.8 Å². The van der Waals surface area contributed by atoms with Crippen LogP contribution in [0.1, 0.15) is 31.2 Å². The van der Waals surface area contributed by atoms with Crippen LogP contribution < -0.4 is 0 Å². The highest BCUT2D eigenvalue weighted by Crippen LogP contribution is 2.26. The Morgan fingerprint density at radius 1 is 1.30 bits per heavy atom. The zero-order valence-electron chi connectivity index (χ0n) is 15.8. The van der Waals surface area contributed by atoms with Crippen LogP contribution in [0.2, 0.25) is 0 Å². The lowest BCUT2D eigenvalue weighted by Crippen LogP contribution is -2.43. The normalized spacial score (nSPS) is 18.9. The molecule has 144 valence electrons. The summed E-state index contributed by atoms with van der Waals surface area (Å²) < 4.78 is 11.3. The van der Waals surface area contributed by atoms with E-state index in [1.165, 1.54) is 0 Å². The third kappa shape index (κ3) is 4.20. The van der Waals surface area contributed by atoms with E-state index in [1.807, 2.05) is 17.0 Å². The van der Waals surface area contributed by atoms with E-state index >= 15 is 0 Å². The van der Waals surface area contributed by atoms with Crippen LogP contribution in [0.4, 0.5) is 0 Å². The molecule has 2 aliphatic rings. The van der Waals surface area contributed by atoms with Crippen molar-refractivity contribution >= 4 is 5.91 Å². The van der Waals surface area contributed by atoms with Gasteiger partial charge in [0.15, 0.2) is 0 Å². The van der Waals surface area contributed by atoms with Crippen LogP contribution in [0.5, 0.6) is 0 Å². The van der Waals surface area contributed by atoms with Gasteiger partial charge in [-0.3, -0.25) is 14.7 Å². The molecule has 4 rings (SSSR count). The number of hydrogen-bond donors (Lipinski definition) is 0. The number of morpholine rings is 1. The monoisotopic (exact) mass is 370 g/mol. The highest BCUT2D eigenvalue weighted by molar-refractivity contribution is 5.76. The summed E-state index contributed by atoms with van der Waals surface area (Å²) in [6, 6.07) is 4.20. The maximum Gasteiger partial charge on any atom is 0.228 e. The molecule has 0 radical (unpaired) electrons. The number of aromatic nitrogens is 2. The van der Waals surface area contributed by atoms with Gasteiger partial charge in [-0.2, -0.15) is 0 Å². The number of hydrogen-bond acceptors (Lipinski definition) is 6. The van der Waals surface area contributed by atoms with Crippen molar-refractivity contribution < 1.29 is 13.9 Å². The van der Waals surface area contributed by atoms with Gasteiger partial charge >= 0.3 is 0 Å². The lowest BCUT2D eigenvalue weighted by atomic mass is 10.1. The molecule has 2 aliphatic heterocycles. The number of ether oxygens (including phenoxy) is 1. The maximum atomic E-state index is 12.7. The van der Waals surface area contributed by atoms with Gasteiger partial charge in [-0.15, -0.1) is 0 Å². The molecule has 0 aliphatic carbocycles. The molecule has 1 amide bonds. The summed E-state index contributed by atoms with van der Waals surface area (Å²) in [4.78, 5) is 25.7. The number of pyridine rings is 1. The molecule has 7 nitrogen and oxygen atoms in total. The first-order chi connectivity index (χ1) is 13.2. The Morgan fingerprint density at radius 2 is 2.15 bits per heavy atom. The molecule has 0 saturated carbocycles. The minimum absolute atomic E-state index is 0.201. The molecule has 0 bridgehead atoms. The predicted molar refractivity (Wildman–Crippen MR) is 99.9 cm³/mol. The number of nitrogens with zero attached hydrogens (tertiary/aromatic N) is 4. The van der Waals surface area contributed by atoms with Gasteiger partial charge in [-0.25, -0.2) is 4.98 Å². The predicted octanol–water partition coefficient (Wildman–Crippen LogP) is 2.12. The van der Waals surface area contributed by atoms with Crippen LogP contribution in [0, 0.1) is 0 Å². The molecule has 2 aromatic heterocycles. The number of oxazole rings is 1. The quantitative estimate of drug-likeness (QED) is 0.803. The van der Waals surface area contributed by atoms with Gasteiger partial charge in [0, 0.05) is 50.9 Å². The van der Waals surface area contributed by atoms with E-state index in [9.17, 15) is 4.79 Å². The van der Waals surface area contributed by atoms with Gasteiger partial charge < -0.3 is 14.1 Å². The fourth-order valence-electron chi connectivity index (χ4n) is 3.72. The number of fused-ring (bicyclic) bond motifs is 1. The molecule has 0 aromatic carbocycles. The summed E-state index contributed by atoms with van der Waals surface area (Å²) in [5, 5.41) is 0. The number of rotatable bonds is 5. The Labute approximate surface area is 159 Å². The minimum atomic E-state index is 0.201. The first-order valence-corrected chi connectivity index (χ1v) is 9.69. The summed E-state index contributed by atoms with van der Waals surface area (Å²) in [6.45, 7) is 6.92. The van der Waals surface area contributed by atoms with Crippen LogP contribution >= 0.6 is 0 Å². The Morgan fingerprint density at radius 3 is 2.93 bits per heavy atom. The van der Waals surface area contributed by atoms with Gasteiger partial charge in [0.1, 0.15) is 11.5 Å². The van der Waals surface area contributed by atoms with Crippen LogP contribution in [0.3, 0.4) is 0 Å². The van der Waals surface area contributed by atoms with Crippen LogP contribution in [-0.4, -0.2) is 64.6 Å². The smallest absolute Gasteiger partial charge is 0.228 e. The second kappa shape index (κ2) is 8.19. The van der Waals surface area contributed by atoms with Crippen molar-refractivity contribution in [1.29, 1.82) is 0 Å². The Bertz CT molecular complexity index is 771. The average Bonchev–Trinajstić information content (AvgIpc) is 3.16. The van der Waals surface area contributed by atoms with Gasteiger partial charge in [-0.05, 0) is 25.5 Å². The molecule has 0 N–H and O–H groups in total. The van der Waals surface area contributed by atoms with Crippen molar-refractivity contribution in [3.63, 3.8) is 0 Å². The SMILES string of the molecule is CC(CCC(=O)N1CCc2oc(-c3cccnc3)nc2C1)N1CCOCC1. The summed E-state index contributed by atoms with van der Waals surface area (Å²) in [5.74, 6) is 1.68. The average molecular weight is 370 g/mol. The molecule has 27 heavy (non-hydrogen) atoms. The minimum Gasteiger partial charge on any atom is -0.441 e. The van der Waals surface area contributed by atoms with E-state index in [1.54, 1.807) is 12.4 Å². The molecule has 1 saturated heterocycles. The first kappa shape index (κ1) is 18.1. The molecule has 7 heteroatoms. The van der Waals surface area contributed by atoms with Crippen molar-refractivity contribution in [2.75, 3.05) is 32.8 Å². The van der Waals surface area contributed by atoms with Crippen molar-refractivity contribution in [3.05, 3.63) is 36.0 Å². The molecule has 2 aromatic rings. The van der Waals surface area contributed by atoms with E-state index in [-0.39, 0.29) is 5.91 Å². The topological polar surface area (TPSA) is 71.7 Å². The van der Waals surface area contributed by atoms with Crippen molar-refractivity contribution in [2.45, 2.75) is 38.8 Å². The lowest BCUT2D eigenvalue weighted by Gasteiger charge is -2.33. The van der Waals surface area contributed by atoms with E-state index in [2.05, 4.69) is 21.8 Å². The maximum absolute atomic E-state index is 12.7. The van der Waals surface area contributed by atoms with E-state index in [0.29, 0.717) is 37.9 Å². The summed E-state index contributed by atoms with van der Waals surface area (Å²) >= 11 is 0. The van der Waals surface area contributed by atoms with Crippen LogP contribution in [-0.2, 0) is 22.5 Å². The fourth-order valence-corrected chi connectivity index (χ4v) is 3.72. The van der Waals surface area contributed by atoms with Crippen molar-refractivity contribution in [1.82, 2.24) is 19.8 Å². The Kier molecular flexibility index (Phi) is 5.50. The van der Waals surface area contributed by atoms with E-state index in [0.717, 1.165) is 49.7 Å². The van der Waals surface area contributed by atoms with Crippen molar-refractivity contribution in [2.24, 2.45) is 0 Å². The molecule has 1 atom stereocenters. The molecular weight excluding hydrogens is 344 g/mol. The fraction of sp³-hybridized carbons (Fsp3) is 0.550. The second-order valence-electron chi connectivity index (χ2n) is 7.23. The van der Waals surface area contributed by atoms with Gasteiger partial charge in [0.25, 0.3) is 0 Å². The first-order valence-electron chi connectivity index (χ1n) is 9.69. The van der Waals surface area contributed by atoms with E-state index < -0.39 is 0 Å². The van der Waals surface area contributed by atoms with Crippen LogP contribution in [0.25, 0.3) is 11.5 Å². The third-order valence-corrected chi connectivity index (χ3v) is 5.43. The standard InChI is InChI=1S/C20H26N4O3/c1-15(23-9-11-26-12-10-23)4-5-19(25)24-8-6-18-17(14-24)22-20(27-18)16-3-2-7-21-13-16/h2-3,7,13,15H,4-6,8-12,14H2,1H3. The highest BCUT2D eigenvalue weighted by Gasteiger charge is 2.26. The molecule has 4 heterocycles. The number of amides is 1. The summed E-state index contributed by atoms with van der Waals surface area (Å²) in [7, 11) is 0. The molecule has 1 fully saturated rings. The highest BCUT2D eigenvalue weighted by atomic mass is 16.5. The molecule has 1 unspecified atom stereocenters. The number of carbonyl (C=O) groups is 1. The summed E-state index contributed by atoms with van der Waals surface area (Å²) in [6.07, 6.45) is 5.63. The Balaban J connectivity index is 1.33. The molecule has 0 spiro atoms. The molecular formula is C20H26N4O3. The van der Waals surface area contributed by atoms with Crippen LogP contribution in [0.15, 0.2) is 28.9 Å². The third-order valence-electron chi connectivity index (χ3n) is 5.43. The largest absolute Gasteiger partial charge is 0.441 e. The zero-order chi connectivity index (χ0) is 18.6. The lowest BCUT2D eigenvalue weighted by molar-refractivity contribution is -0.132. The van der Waals surface area contributed by atoms with E-state index in [4.69, 9.17) is 9.15 Å². The summed E-state index contributed by atoms with van der Waals surface area (Å²) in [5.41, 5.74) is 1.73. The number of carbonyl (C=O) groups excluding carboxylic acids is 1. The van der Waals surface area contributed by atoms with Crippen molar-refractivity contribution in [3.8, 4) is 11.5 Å².